The second-order valence-corrected chi connectivity index (χ2v) is 7.83. The SMILES string of the molecule is CCn1c(COc2ccc(C)c(C)c2)nnc1SCC(=O)Nc1cccc(C)c1. The van der Waals surface area contributed by atoms with E-state index < -0.39 is 0 Å². The molecule has 1 amide bonds. The van der Waals surface area contributed by atoms with Crippen molar-refractivity contribution in [1.82, 2.24) is 14.8 Å². The fraction of sp³-hybridized carbons (Fsp3) is 0.318. The molecule has 0 aliphatic carbocycles. The van der Waals surface area contributed by atoms with Gasteiger partial charge in [-0.2, -0.15) is 0 Å². The lowest BCUT2D eigenvalue weighted by Gasteiger charge is -2.10. The quantitative estimate of drug-likeness (QED) is 0.553. The average Bonchev–Trinajstić information content (AvgIpc) is 3.09. The average molecular weight is 411 g/mol. The Morgan fingerprint density at radius 3 is 2.66 bits per heavy atom. The zero-order valence-electron chi connectivity index (χ0n) is 17.2. The number of hydrogen-bond acceptors (Lipinski definition) is 5. The number of carbonyl (C=O) groups excluding carboxylic acids is 1. The van der Waals surface area contributed by atoms with Gasteiger partial charge in [-0.15, -0.1) is 10.2 Å². The van der Waals surface area contributed by atoms with Crippen LogP contribution in [0.4, 0.5) is 5.69 Å². The summed E-state index contributed by atoms with van der Waals surface area (Å²) < 4.78 is 7.87. The van der Waals surface area contributed by atoms with Crippen LogP contribution in [0.5, 0.6) is 5.75 Å². The van der Waals surface area contributed by atoms with Crippen molar-refractivity contribution in [2.75, 3.05) is 11.1 Å². The number of amides is 1. The molecule has 1 aromatic heterocycles. The fourth-order valence-electron chi connectivity index (χ4n) is 2.85. The Hall–Kier alpha value is -2.80. The van der Waals surface area contributed by atoms with Crippen molar-refractivity contribution in [2.24, 2.45) is 0 Å². The largest absolute Gasteiger partial charge is 0.486 e. The highest BCUT2D eigenvalue weighted by Gasteiger charge is 2.14. The first kappa shape index (κ1) is 20.9. The van der Waals surface area contributed by atoms with Crippen molar-refractivity contribution in [3.05, 3.63) is 65.0 Å². The molecule has 0 unspecified atom stereocenters. The van der Waals surface area contributed by atoms with Gasteiger partial charge in [-0.3, -0.25) is 4.79 Å². The van der Waals surface area contributed by atoms with Crippen molar-refractivity contribution in [1.29, 1.82) is 0 Å². The molecule has 0 fully saturated rings. The fourth-order valence-corrected chi connectivity index (χ4v) is 3.67. The molecular formula is C22H26N4O2S. The van der Waals surface area contributed by atoms with E-state index in [1.165, 1.54) is 22.9 Å². The Bertz CT molecular complexity index is 1000. The van der Waals surface area contributed by atoms with E-state index in [9.17, 15) is 4.79 Å². The number of ether oxygens (including phenoxy) is 1. The Kier molecular flexibility index (Phi) is 6.93. The van der Waals surface area contributed by atoms with E-state index in [4.69, 9.17) is 4.74 Å². The van der Waals surface area contributed by atoms with Crippen LogP contribution >= 0.6 is 11.8 Å². The third-order valence-electron chi connectivity index (χ3n) is 4.59. The van der Waals surface area contributed by atoms with Crippen LogP contribution in [0.1, 0.15) is 29.4 Å². The molecule has 0 aliphatic rings. The Morgan fingerprint density at radius 2 is 1.93 bits per heavy atom. The first-order valence-electron chi connectivity index (χ1n) is 9.57. The van der Waals surface area contributed by atoms with Crippen LogP contribution in [0.2, 0.25) is 0 Å². The monoisotopic (exact) mass is 410 g/mol. The summed E-state index contributed by atoms with van der Waals surface area (Å²) >= 11 is 1.37. The smallest absolute Gasteiger partial charge is 0.234 e. The molecule has 0 atom stereocenters. The van der Waals surface area contributed by atoms with E-state index in [1.807, 2.05) is 60.9 Å². The molecule has 1 heterocycles. The van der Waals surface area contributed by atoms with E-state index in [0.717, 1.165) is 22.8 Å². The van der Waals surface area contributed by atoms with E-state index >= 15 is 0 Å². The molecule has 152 valence electrons. The van der Waals surface area contributed by atoms with Crippen molar-refractivity contribution in [2.45, 2.75) is 46.0 Å². The number of benzene rings is 2. The highest BCUT2D eigenvalue weighted by Crippen LogP contribution is 2.21. The summed E-state index contributed by atoms with van der Waals surface area (Å²) in [7, 11) is 0. The molecule has 7 heteroatoms. The Balaban J connectivity index is 1.58. The maximum atomic E-state index is 12.3. The van der Waals surface area contributed by atoms with Crippen molar-refractivity contribution in [3.8, 4) is 5.75 Å². The minimum atomic E-state index is -0.0702. The number of carbonyl (C=O) groups is 1. The van der Waals surface area contributed by atoms with Gasteiger partial charge in [-0.05, 0) is 68.7 Å². The van der Waals surface area contributed by atoms with E-state index in [2.05, 4.69) is 29.4 Å². The molecule has 0 saturated carbocycles. The summed E-state index contributed by atoms with van der Waals surface area (Å²) in [6, 6.07) is 13.8. The van der Waals surface area contributed by atoms with Gasteiger partial charge in [0.1, 0.15) is 12.4 Å². The first-order valence-corrected chi connectivity index (χ1v) is 10.6. The molecule has 3 aromatic rings. The van der Waals surface area contributed by atoms with Crippen molar-refractivity contribution >= 4 is 23.4 Å². The minimum Gasteiger partial charge on any atom is -0.486 e. The lowest BCUT2D eigenvalue weighted by atomic mass is 10.1. The van der Waals surface area contributed by atoms with Gasteiger partial charge < -0.3 is 14.6 Å². The maximum Gasteiger partial charge on any atom is 0.234 e. The molecular weight excluding hydrogens is 384 g/mol. The summed E-state index contributed by atoms with van der Waals surface area (Å²) in [5.74, 6) is 1.75. The molecule has 0 spiro atoms. The molecule has 0 saturated heterocycles. The Labute approximate surface area is 175 Å². The number of anilines is 1. The van der Waals surface area contributed by atoms with Gasteiger partial charge in [0.2, 0.25) is 5.91 Å². The number of hydrogen-bond donors (Lipinski definition) is 1. The molecule has 0 radical (unpaired) electrons. The molecule has 6 nitrogen and oxygen atoms in total. The summed E-state index contributed by atoms with van der Waals surface area (Å²) in [4.78, 5) is 12.3. The zero-order chi connectivity index (χ0) is 20.8. The number of thioether (sulfide) groups is 1. The highest BCUT2D eigenvalue weighted by atomic mass is 32.2. The van der Waals surface area contributed by atoms with E-state index in [-0.39, 0.29) is 11.7 Å². The van der Waals surface area contributed by atoms with Gasteiger partial charge in [0.15, 0.2) is 11.0 Å². The minimum absolute atomic E-state index is 0.0702. The summed E-state index contributed by atoms with van der Waals surface area (Å²) in [5, 5.41) is 12.1. The van der Waals surface area contributed by atoms with Gasteiger partial charge >= 0.3 is 0 Å². The standard InChI is InChI=1S/C22H26N4O2S/c1-5-26-20(13-28-19-10-9-16(3)17(4)12-19)24-25-22(26)29-14-21(27)23-18-8-6-7-15(2)11-18/h6-12H,5,13-14H2,1-4H3,(H,23,27). The van der Waals surface area contributed by atoms with Crippen LogP contribution < -0.4 is 10.1 Å². The predicted molar refractivity (Wildman–Crippen MR) is 116 cm³/mol. The number of aromatic nitrogens is 3. The van der Waals surface area contributed by atoms with Crippen molar-refractivity contribution < 1.29 is 9.53 Å². The van der Waals surface area contributed by atoms with E-state index in [1.54, 1.807) is 0 Å². The van der Waals surface area contributed by atoms with Gasteiger partial charge in [0.25, 0.3) is 0 Å². The topological polar surface area (TPSA) is 69.0 Å². The molecule has 29 heavy (non-hydrogen) atoms. The van der Waals surface area contributed by atoms with Gasteiger partial charge in [-0.25, -0.2) is 0 Å². The lowest BCUT2D eigenvalue weighted by Crippen LogP contribution is -2.15. The summed E-state index contributed by atoms with van der Waals surface area (Å²) in [6.45, 7) is 9.20. The van der Waals surface area contributed by atoms with Crippen LogP contribution in [0, 0.1) is 20.8 Å². The zero-order valence-corrected chi connectivity index (χ0v) is 18.0. The first-order chi connectivity index (χ1) is 14.0. The third kappa shape index (κ3) is 5.60. The van der Waals surface area contributed by atoms with Gasteiger partial charge in [0, 0.05) is 12.2 Å². The van der Waals surface area contributed by atoms with Crippen LogP contribution in [0.3, 0.4) is 0 Å². The molecule has 2 aromatic carbocycles. The highest BCUT2D eigenvalue weighted by molar-refractivity contribution is 7.99. The molecule has 0 bridgehead atoms. The number of aryl methyl sites for hydroxylation is 3. The lowest BCUT2D eigenvalue weighted by molar-refractivity contribution is -0.113. The van der Waals surface area contributed by atoms with Crippen molar-refractivity contribution in [3.63, 3.8) is 0 Å². The number of nitrogens with zero attached hydrogens (tertiary/aromatic N) is 3. The molecule has 0 aliphatic heterocycles. The second kappa shape index (κ2) is 9.60. The third-order valence-corrected chi connectivity index (χ3v) is 5.56. The van der Waals surface area contributed by atoms with Crippen LogP contribution in [0.25, 0.3) is 0 Å². The number of nitrogens with one attached hydrogen (secondary N) is 1. The van der Waals surface area contributed by atoms with E-state index in [0.29, 0.717) is 18.3 Å². The normalized spacial score (nSPS) is 10.8. The predicted octanol–water partition coefficient (Wildman–Crippen LogP) is 4.53. The number of rotatable bonds is 8. The van der Waals surface area contributed by atoms with Crippen LogP contribution in [0.15, 0.2) is 47.6 Å². The van der Waals surface area contributed by atoms with Gasteiger partial charge in [0.05, 0.1) is 5.75 Å². The summed E-state index contributed by atoms with van der Waals surface area (Å²) in [5.41, 5.74) is 4.33. The van der Waals surface area contributed by atoms with Crippen LogP contribution in [-0.4, -0.2) is 26.4 Å². The molecule has 3 rings (SSSR count). The summed E-state index contributed by atoms with van der Waals surface area (Å²) in [6.07, 6.45) is 0. The van der Waals surface area contributed by atoms with Crippen LogP contribution in [-0.2, 0) is 17.9 Å². The Morgan fingerprint density at radius 1 is 1.10 bits per heavy atom. The maximum absolute atomic E-state index is 12.3. The van der Waals surface area contributed by atoms with Gasteiger partial charge in [-0.1, -0.05) is 30.0 Å². The second-order valence-electron chi connectivity index (χ2n) is 6.88. The molecule has 1 N–H and O–H groups in total.